The van der Waals surface area contributed by atoms with E-state index in [0.717, 1.165) is 58.1 Å². The third kappa shape index (κ3) is 3.90. The van der Waals surface area contributed by atoms with E-state index >= 15 is 0 Å². The van der Waals surface area contributed by atoms with Crippen LogP contribution in [-0.2, 0) is 9.47 Å². The number of ether oxygens (including phenoxy) is 4. The molecule has 2 atom stereocenters. The lowest BCUT2D eigenvalue weighted by Gasteiger charge is -2.12. The van der Waals surface area contributed by atoms with E-state index in [-0.39, 0.29) is 12.2 Å². The first kappa shape index (κ1) is 18.5. The highest BCUT2D eigenvalue weighted by Gasteiger charge is 2.25. The van der Waals surface area contributed by atoms with E-state index in [2.05, 4.69) is 12.1 Å². The summed E-state index contributed by atoms with van der Waals surface area (Å²) < 4.78 is 28.8. The maximum atomic E-state index is 6.34. The van der Waals surface area contributed by atoms with Gasteiger partial charge in [0.05, 0.1) is 13.2 Å². The Labute approximate surface area is 180 Å². The van der Waals surface area contributed by atoms with Gasteiger partial charge < -0.3 is 23.4 Å². The molecule has 0 spiro atoms. The van der Waals surface area contributed by atoms with Gasteiger partial charge in [-0.2, -0.15) is 0 Å². The maximum absolute atomic E-state index is 6.34. The highest BCUT2D eigenvalue weighted by molar-refractivity contribution is 6.03. The zero-order valence-corrected chi connectivity index (χ0v) is 17.0. The highest BCUT2D eigenvalue weighted by atomic mass is 16.6. The Hall–Kier alpha value is -3.28. The minimum Gasteiger partial charge on any atom is -0.491 e. The van der Waals surface area contributed by atoms with Gasteiger partial charge in [0.2, 0.25) is 0 Å². The molecule has 1 aromatic heterocycles. The van der Waals surface area contributed by atoms with Crippen LogP contribution in [0.2, 0.25) is 0 Å². The van der Waals surface area contributed by atoms with Crippen LogP contribution in [0.5, 0.6) is 11.5 Å². The molecule has 2 saturated heterocycles. The Bertz CT molecular complexity index is 1200. The van der Waals surface area contributed by atoms with E-state index in [1.54, 1.807) is 0 Å². The average molecular weight is 414 g/mol. The summed E-state index contributed by atoms with van der Waals surface area (Å²) in [4.78, 5) is 0. The molecule has 2 aliphatic rings. The molecule has 0 aliphatic carbocycles. The molecule has 156 valence electrons. The molecule has 31 heavy (non-hydrogen) atoms. The number of epoxide rings is 2. The second-order valence-electron chi connectivity index (χ2n) is 7.86. The summed E-state index contributed by atoms with van der Waals surface area (Å²) in [6.07, 6.45) is 0.432. The first-order valence-electron chi connectivity index (χ1n) is 10.6. The summed E-state index contributed by atoms with van der Waals surface area (Å²) in [5.41, 5.74) is 3.87. The summed E-state index contributed by atoms with van der Waals surface area (Å²) in [5, 5.41) is 1.06. The Balaban J connectivity index is 1.40. The number of para-hydroxylation sites is 2. The van der Waals surface area contributed by atoms with E-state index < -0.39 is 0 Å². The summed E-state index contributed by atoms with van der Waals surface area (Å²) in [5.74, 6) is 2.47. The predicted octanol–water partition coefficient (Wildman–Crippen LogP) is 5.32. The van der Waals surface area contributed by atoms with Crippen LogP contribution in [0.3, 0.4) is 0 Å². The van der Waals surface area contributed by atoms with Crippen molar-refractivity contribution < 1.29 is 23.4 Å². The van der Waals surface area contributed by atoms with Gasteiger partial charge in [0.1, 0.15) is 48.3 Å². The van der Waals surface area contributed by atoms with Crippen LogP contribution in [0.15, 0.2) is 77.2 Å². The first-order valence-corrected chi connectivity index (χ1v) is 10.6. The summed E-state index contributed by atoms with van der Waals surface area (Å²) >= 11 is 0. The summed E-state index contributed by atoms with van der Waals surface area (Å²) in [7, 11) is 0. The molecule has 2 unspecified atom stereocenters. The smallest absolute Gasteiger partial charge is 0.143 e. The van der Waals surface area contributed by atoms with Gasteiger partial charge in [-0.25, -0.2) is 0 Å². The molecule has 5 nitrogen and oxygen atoms in total. The van der Waals surface area contributed by atoms with Crippen LogP contribution in [0.1, 0.15) is 0 Å². The van der Waals surface area contributed by atoms with Crippen LogP contribution in [0.4, 0.5) is 0 Å². The predicted molar refractivity (Wildman–Crippen MR) is 118 cm³/mol. The second kappa shape index (κ2) is 7.76. The Morgan fingerprint density at radius 2 is 1.42 bits per heavy atom. The number of fused-ring (bicyclic) bond motifs is 1. The fourth-order valence-electron chi connectivity index (χ4n) is 3.72. The number of hydrogen-bond donors (Lipinski definition) is 0. The van der Waals surface area contributed by atoms with Gasteiger partial charge >= 0.3 is 0 Å². The maximum Gasteiger partial charge on any atom is 0.143 e. The van der Waals surface area contributed by atoms with Crippen LogP contribution < -0.4 is 9.47 Å². The molecule has 0 amide bonds. The normalized spacial score (nSPS) is 19.4. The van der Waals surface area contributed by atoms with E-state index in [4.69, 9.17) is 23.4 Å². The van der Waals surface area contributed by atoms with Crippen molar-refractivity contribution in [2.24, 2.45) is 0 Å². The Morgan fingerprint density at radius 3 is 2.19 bits per heavy atom. The van der Waals surface area contributed by atoms with Crippen molar-refractivity contribution >= 4 is 11.0 Å². The molecule has 2 aliphatic heterocycles. The topological polar surface area (TPSA) is 56.7 Å². The largest absolute Gasteiger partial charge is 0.491 e. The van der Waals surface area contributed by atoms with Crippen molar-refractivity contribution in [2.75, 3.05) is 26.4 Å². The fourth-order valence-corrected chi connectivity index (χ4v) is 3.72. The van der Waals surface area contributed by atoms with Gasteiger partial charge in [-0.05, 0) is 36.4 Å². The number of benzene rings is 3. The number of furan rings is 1. The molecule has 5 heteroatoms. The third-order valence-corrected chi connectivity index (χ3v) is 5.53. The van der Waals surface area contributed by atoms with E-state index in [9.17, 15) is 0 Å². The van der Waals surface area contributed by atoms with E-state index in [0.29, 0.717) is 13.2 Å². The molecule has 0 radical (unpaired) electrons. The first-order chi connectivity index (χ1) is 15.3. The molecule has 0 bridgehead atoms. The molecule has 3 heterocycles. The van der Waals surface area contributed by atoms with Crippen molar-refractivity contribution in [3.8, 4) is 33.9 Å². The monoisotopic (exact) mass is 414 g/mol. The van der Waals surface area contributed by atoms with Crippen LogP contribution in [0.25, 0.3) is 33.4 Å². The van der Waals surface area contributed by atoms with Crippen molar-refractivity contribution in [1.29, 1.82) is 0 Å². The average Bonchev–Trinajstić information content (AvgIpc) is 3.75. The van der Waals surface area contributed by atoms with Crippen molar-refractivity contribution in [1.82, 2.24) is 0 Å². The lowest BCUT2D eigenvalue weighted by atomic mass is 9.98. The van der Waals surface area contributed by atoms with Gasteiger partial charge in [-0.15, -0.1) is 0 Å². The SMILES string of the molecule is c1ccc(-c2c(-c3ccc(OCC4CO4)cc3)oc3ccccc23)c(OCC2CO2)c1. The van der Waals surface area contributed by atoms with Crippen LogP contribution >= 0.6 is 0 Å². The molecular formula is C26H22O5. The number of hydrogen-bond acceptors (Lipinski definition) is 5. The fraction of sp³-hybridized carbons (Fsp3) is 0.231. The molecular weight excluding hydrogens is 392 g/mol. The standard InChI is InChI=1S/C26H22O5/c1-3-7-23(30-16-20-15-29-20)21(5-1)25-22-6-2-4-8-24(22)31-26(25)17-9-11-18(12-10-17)27-13-19-14-28-19/h1-12,19-20H,13-16H2. The van der Waals surface area contributed by atoms with Gasteiger partial charge in [-0.1, -0.05) is 36.4 Å². The van der Waals surface area contributed by atoms with Crippen molar-refractivity contribution in [3.63, 3.8) is 0 Å². The lowest BCUT2D eigenvalue weighted by molar-refractivity contribution is 0.263. The van der Waals surface area contributed by atoms with Crippen LogP contribution in [-0.4, -0.2) is 38.6 Å². The van der Waals surface area contributed by atoms with E-state index in [1.165, 1.54) is 0 Å². The van der Waals surface area contributed by atoms with Gasteiger partial charge in [-0.3, -0.25) is 0 Å². The minimum absolute atomic E-state index is 0.196. The molecule has 3 aromatic carbocycles. The summed E-state index contributed by atoms with van der Waals surface area (Å²) in [6, 6.07) is 24.2. The van der Waals surface area contributed by atoms with Crippen molar-refractivity contribution in [2.45, 2.75) is 12.2 Å². The highest BCUT2D eigenvalue weighted by Crippen LogP contribution is 2.44. The Morgan fingerprint density at radius 1 is 0.742 bits per heavy atom. The van der Waals surface area contributed by atoms with Crippen LogP contribution in [0, 0.1) is 0 Å². The quantitative estimate of drug-likeness (QED) is 0.365. The lowest BCUT2D eigenvalue weighted by Crippen LogP contribution is -2.05. The number of rotatable bonds is 8. The molecule has 2 fully saturated rings. The van der Waals surface area contributed by atoms with Gasteiger partial charge in [0.15, 0.2) is 0 Å². The zero-order chi connectivity index (χ0) is 20.6. The minimum atomic E-state index is 0.196. The summed E-state index contributed by atoms with van der Waals surface area (Å²) in [6.45, 7) is 2.70. The van der Waals surface area contributed by atoms with E-state index in [1.807, 2.05) is 60.7 Å². The second-order valence-corrected chi connectivity index (χ2v) is 7.86. The molecule has 0 N–H and O–H groups in total. The zero-order valence-electron chi connectivity index (χ0n) is 17.0. The Kier molecular flexibility index (Phi) is 4.63. The molecule has 0 saturated carbocycles. The van der Waals surface area contributed by atoms with Crippen molar-refractivity contribution in [3.05, 3.63) is 72.8 Å². The van der Waals surface area contributed by atoms with Gasteiger partial charge in [0, 0.05) is 22.1 Å². The molecule has 4 aromatic rings. The third-order valence-electron chi connectivity index (χ3n) is 5.53. The molecule has 6 rings (SSSR count). The van der Waals surface area contributed by atoms with Gasteiger partial charge in [0.25, 0.3) is 0 Å².